The summed E-state index contributed by atoms with van der Waals surface area (Å²) in [5.74, 6) is 1.48. The summed E-state index contributed by atoms with van der Waals surface area (Å²) in [5.41, 5.74) is 6.42. The minimum absolute atomic E-state index is 0.0579. The lowest BCUT2D eigenvalue weighted by Gasteiger charge is -2.22. The normalized spacial score (nSPS) is 40.7. The summed E-state index contributed by atoms with van der Waals surface area (Å²) in [6.07, 6.45) is 5.47. The highest BCUT2D eigenvalue weighted by Crippen LogP contribution is 2.55. The molecule has 2 N–H and O–H groups in total. The molecular weight excluding hydrogens is 178 g/mol. The van der Waals surface area contributed by atoms with Gasteiger partial charge in [-0.25, -0.2) is 0 Å². The first kappa shape index (κ1) is 8.41. The van der Waals surface area contributed by atoms with Gasteiger partial charge < -0.3 is 10.2 Å². The number of aromatic nitrogens is 2. The average molecular weight is 193 g/mol. The maximum atomic E-state index is 6.24. The summed E-state index contributed by atoms with van der Waals surface area (Å²) >= 11 is 0. The third-order valence-corrected chi connectivity index (χ3v) is 3.87. The average Bonchev–Trinajstić information content (AvgIpc) is 2.77. The molecule has 2 fully saturated rings. The van der Waals surface area contributed by atoms with Crippen LogP contribution in [-0.2, 0) is 5.41 Å². The molecule has 3 rings (SSSR count). The van der Waals surface area contributed by atoms with Gasteiger partial charge >= 0.3 is 0 Å². The van der Waals surface area contributed by atoms with Crippen LogP contribution in [0.4, 0.5) is 0 Å². The molecule has 2 saturated carbocycles. The molecule has 4 nitrogen and oxygen atoms in total. The van der Waals surface area contributed by atoms with E-state index >= 15 is 0 Å². The second-order valence-electron chi connectivity index (χ2n) is 4.95. The molecular formula is C10H15N3O. The molecule has 4 heteroatoms. The van der Waals surface area contributed by atoms with Gasteiger partial charge in [-0.1, -0.05) is 0 Å². The Morgan fingerprint density at radius 1 is 1.21 bits per heavy atom. The van der Waals surface area contributed by atoms with Gasteiger partial charge in [-0.3, -0.25) is 0 Å². The van der Waals surface area contributed by atoms with Crippen LogP contribution in [0.5, 0.6) is 0 Å². The van der Waals surface area contributed by atoms with E-state index in [4.69, 9.17) is 10.2 Å². The lowest BCUT2D eigenvalue weighted by molar-refractivity contribution is 0.314. The first-order chi connectivity index (χ1) is 6.62. The Balaban J connectivity index is 1.99. The van der Waals surface area contributed by atoms with Gasteiger partial charge in [-0.15, -0.1) is 10.2 Å². The van der Waals surface area contributed by atoms with Crippen molar-refractivity contribution < 1.29 is 4.42 Å². The third kappa shape index (κ3) is 0.974. The fraction of sp³-hybridized carbons (Fsp3) is 0.800. The van der Waals surface area contributed by atoms with Crippen molar-refractivity contribution in [3.05, 3.63) is 11.8 Å². The Labute approximate surface area is 82.9 Å². The molecule has 0 aliphatic heterocycles. The molecule has 2 aliphatic rings. The lowest BCUT2D eigenvalue weighted by Crippen LogP contribution is -2.33. The standard InChI is InChI=1S/C10H15N3O/c1-7-12-13-8(14-7)9-2-4-10(11,6-9)5-3-9/h2-6,11H2,1H3. The number of rotatable bonds is 1. The number of nitrogens with zero attached hydrogens (tertiary/aromatic N) is 2. The first-order valence-corrected chi connectivity index (χ1v) is 5.22. The van der Waals surface area contributed by atoms with Crippen molar-refractivity contribution in [2.75, 3.05) is 0 Å². The van der Waals surface area contributed by atoms with E-state index in [1.54, 1.807) is 0 Å². The molecule has 0 unspecified atom stereocenters. The van der Waals surface area contributed by atoms with Gasteiger partial charge in [0.25, 0.3) is 0 Å². The Morgan fingerprint density at radius 3 is 2.36 bits per heavy atom. The van der Waals surface area contributed by atoms with Crippen LogP contribution in [0.1, 0.15) is 43.9 Å². The van der Waals surface area contributed by atoms with Crippen molar-refractivity contribution in [1.82, 2.24) is 10.2 Å². The quantitative estimate of drug-likeness (QED) is 0.730. The predicted octanol–water partition coefficient (Wildman–Crippen LogP) is 1.29. The van der Waals surface area contributed by atoms with Gasteiger partial charge in [-0.05, 0) is 32.1 Å². The Morgan fingerprint density at radius 2 is 1.93 bits per heavy atom. The van der Waals surface area contributed by atoms with Crippen molar-refractivity contribution >= 4 is 0 Å². The van der Waals surface area contributed by atoms with Crippen LogP contribution >= 0.6 is 0 Å². The highest BCUT2D eigenvalue weighted by molar-refractivity contribution is 5.19. The van der Waals surface area contributed by atoms with Crippen molar-refractivity contribution in [1.29, 1.82) is 0 Å². The maximum absolute atomic E-state index is 6.24. The summed E-state index contributed by atoms with van der Waals surface area (Å²) < 4.78 is 5.56. The van der Waals surface area contributed by atoms with Gasteiger partial charge in [0.1, 0.15) is 0 Å². The van der Waals surface area contributed by atoms with Gasteiger partial charge in [0.05, 0.1) is 5.41 Å². The lowest BCUT2D eigenvalue weighted by atomic mass is 9.84. The summed E-state index contributed by atoms with van der Waals surface area (Å²) in [6, 6.07) is 0. The highest BCUT2D eigenvalue weighted by Gasteiger charge is 2.55. The summed E-state index contributed by atoms with van der Waals surface area (Å²) in [6.45, 7) is 1.84. The van der Waals surface area contributed by atoms with Crippen LogP contribution in [0.15, 0.2) is 4.42 Å². The molecule has 2 aliphatic carbocycles. The van der Waals surface area contributed by atoms with Crippen LogP contribution in [0.25, 0.3) is 0 Å². The topological polar surface area (TPSA) is 64.9 Å². The number of fused-ring (bicyclic) bond motifs is 2. The minimum atomic E-state index is 0.0579. The van der Waals surface area contributed by atoms with Crippen molar-refractivity contribution in [2.45, 2.75) is 50.0 Å². The van der Waals surface area contributed by atoms with Crippen LogP contribution in [0, 0.1) is 6.92 Å². The molecule has 0 saturated heterocycles. The van der Waals surface area contributed by atoms with Crippen molar-refractivity contribution in [3.8, 4) is 0 Å². The molecule has 76 valence electrons. The number of nitrogens with two attached hydrogens (primary N) is 1. The Bertz CT molecular complexity index is 363. The first-order valence-electron chi connectivity index (χ1n) is 5.22. The molecule has 0 atom stereocenters. The number of hydrogen-bond donors (Lipinski definition) is 1. The third-order valence-electron chi connectivity index (χ3n) is 3.87. The van der Waals surface area contributed by atoms with E-state index < -0.39 is 0 Å². The predicted molar refractivity (Wildman–Crippen MR) is 50.7 cm³/mol. The van der Waals surface area contributed by atoms with Crippen LogP contribution in [0.2, 0.25) is 0 Å². The maximum Gasteiger partial charge on any atom is 0.222 e. The molecule has 0 radical (unpaired) electrons. The van der Waals surface area contributed by atoms with E-state index in [1.807, 2.05) is 6.92 Å². The smallest absolute Gasteiger partial charge is 0.222 e. The molecule has 0 amide bonds. The fourth-order valence-electron chi connectivity index (χ4n) is 3.05. The molecule has 1 aromatic rings. The molecule has 2 bridgehead atoms. The van der Waals surface area contributed by atoms with Gasteiger partial charge in [0.15, 0.2) is 0 Å². The molecule has 0 spiro atoms. The van der Waals surface area contributed by atoms with Gasteiger partial charge in [0, 0.05) is 12.5 Å². The van der Waals surface area contributed by atoms with E-state index in [9.17, 15) is 0 Å². The summed E-state index contributed by atoms with van der Waals surface area (Å²) in [7, 11) is 0. The van der Waals surface area contributed by atoms with Gasteiger partial charge in [-0.2, -0.15) is 0 Å². The van der Waals surface area contributed by atoms with Crippen LogP contribution in [-0.4, -0.2) is 15.7 Å². The zero-order chi connectivity index (χ0) is 9.81. The molecule has 1 aromatic heterocycles. The summed E-state index contributed by atoms with van der Waals surface area (Å²) in [5, 5.41) is 8.06. The second-order valence-corrected chi connectivity index (χ2v) is 4.95. The molecule has 1 heterocycles. The molecule has 14 heavy (non-hydrogen) atoms. The second kappa shape index (κ2) is 2.37. The van der Waals surface area contributed by atoms with E-state index in [0.717, 1.165) is 38.0 Å². The Kier molecular flexibility index (Phi) is 1.42. The Hall–Kier alpha value is -0.900. The monoisotopic (exact) mass is 193 g/mol. The van der Waals surface area contributed by atoms with Crippen LogP contribution in [0.3, 0.4) is 0 Å². The number of aryl methyl sites for hydroxylation is 1. The molecule has 0 aromatic carbocycles. The van der Waals surface area contributed by atoms with E-state index in [2.05, 4.69) is 10.2 Å². The van der Waals surface area contributed by atoms with Gasteiger partial charge in [0.2, 0.25) is 11.8 Å². The fourth-order valence-corrected chi connectivity index (χ4v) is 3.05. The highest BCUT2D eigenvalue weighted by atomic mass is 16.4. The van der Waals surface area contributed by atoms with Crippen LogP contribution < -0.4 is 5.73 Å². The largest absolute Gasteiger partial charge is 0.425 e. The zero-order valence-electron chi connectivity index (χ0n) is 8.42. The number of hydrogen-bond acceptors (Lipinski definition) is 4. The van der Waals surface area contributed by atoms with E-state index in [-0.39, 0.29) is 11.0 Å². The zero-order valence-corrected chi connectivity index (χ0v) is 8.42. The van der Waals surface area contributed by atoms with Crippen molar-refractivity contribution in [3.63, 3.8) is 0 Å². The van der Waals surface area contributed by atoms with Crippen molar-refractivity contribution in [2.24, 2.45) is 5.73 Å². The van der Waals surface area contributed by atoms with E-state index in [0.29, 0.717) is 5.89 Å². The minimum Gasteiger partial charge on any atom is -0.425 e. The SMILES string of the molecule is Cc1nnc(C23CCC(N)(CC2)C3)o1. The van der Waals surface area contributed by atoms with E-state index in [1.165, 1.54) is 0 Å². The summed E-state index contributed by atoms with van der Waals surface area (Å²) in [4.78, 5) is 0.